The van der Waals surface area contributed by atoms with Crippen LogP contribution >= 0.6 is 11.8 Å². The van der Waals surface area contributed by atoms with Gasteiger partial charge >= 0.3 is 0 Å². The Labute approximate surface area is 196 Å². The van der Waals surface area contributed by atoms with Gasteiger partial charge in [0.05, 0.1) is 11.4 Å². The summed E-state index contributed by atoms with van der Waals surface area (Å²) in [6, 6.07) is 13.0. The number of hydrogen-bond acceptors (Lipinski definition) is 7. The minimum absolute atomic E-state index is 0.0226. The van der Waals surface area contributed by atoms with Crippen LogP contribution in [0.1, 0.15) is 28.7 Å². The third kappa shape index (κ3) is 5.43. The second-order valence-electron chi connectivity index (χ2n) is 7.34. The number of carbonyl (C=O) groups is 2. The standard InChI is InChI=1S/C24H24N4O4S/c1-3-11-28-22(13-31-18-8-5-16(4-2)6-9-18)26-27-24(28)33-15-20(29)17-7-10-21-19(12-17)25-23(30)14-32-21/h3,5-10,12H,1,4,11,13-15H2,2H3,(H,25,30). The first-order chi connectivity index (χ1) is 16.1. The van der Waals surface area contributed by atoms with Crippen molar-refractivity contribution in [1.82, 2.24) is 14.8 Å². The number of rotatable bonds is 10. The fourth-order valence-corrected chi connectivity index (χ4v) is 4.15. The van der Waals surface area contributed by atoms with Gasteiger partial charge in [-0.3, -0.25) is 14.2 Å². The number of ketones is 1. The lowest BCUT2D eigenvalue weighted by molar-refractivity contribution is -0.118. The number of nitrogens with one attached hydrogen (secondary N) is 1. The number of aromatic nitrogens is 3. The van der Waals surface area contributed by atoms with E-state index in [1.807, 2.05) is 28.8 Å². The van der Waals surface area contributed by atoms with Gasteiger partial charge < -0.3 is 14.8 Å². The number of amides is 1. The molecule has 0 saturated carbocycles. The molecule has 8 nitrogen and oxygen atoms in total. The van der Waals surface area contributed by atoms with E-state index >= 15 is 0 Å². The maximum Gasteiger partial charge on any atom is 0.262 e. The zero-order chi connectivity index (χ0) is 23.2. The van der Waals surface area contributed by atoms with E-state index in [2.05, 4.69) is 29.0 Å². The van der Waals surface area contributed by atoms with Gasteiger partial charge in [-0.25, -0.2) is 0 Å². The largest absolute Gasteiger partial charge is 0.486 e. The molecule has 170 valence electrons. The Morgan fingerprint density at radius 1 is 1.27 bits per heavy atom. The lowest BCUT2D eigenvalue weighted by atomic mass is 10.1. The van der Waals surface area contributed by atoms with E-state index in [4.69, 9.17) is 9.47 Å². The predicted octanol–water partition coefficient (Wildman–Crippen LogP) is 3.91. The summed E-state index contributed by atoms with van der Waals surface area (Å²) >= 11 is 1.29. The summed E-state index contributed by atoms with van der Waals surface area (Å²) in [7, 11) is 0. The minimum Gasteiger partial charge on any atom is -0.486 e. The van der Waals surface area contributed by atoms with Crippen LogP contribution in [0, 0.1) is 0 Å². The molecular formula is C24H24N4O4S. The average molecular weight is 465 g/mol. The highest BCUT2D eigenvalue weighted by atomic mass is 32.2. The second-order valence-corrected chi connectivity index (χ2v) is 8.29. The molecule has 1 aliphatic heterocycles. The fourth-order valence-electron chi connectivity index (χ4n) is 3.28. The average Bonchev–Trinajstić information content (AvgIpc) is 3.22. The summed E-state index contributed by atoms with van der Waals surface area (Å²) < 4.78 is 13.1. The highest BCUT2D eigenvalue weighted by molar-refractivity contribution is 7.99. The number of fused-ring (bicyclic) bond motifs is 1. The van der Waals surface area contributed by atoms with E-state index < -0.39 is 0 Å². The molecule has 4 rings (SSSR count). The zero-order valence-electron chi connectivity index (χ0n) is 18.2. The number of aryl methyl sites for hydroxylation is 1. The summed E-state index contributed by atoms with van der Waals surface area (Å²) in [4.78, 5) is 24.3. The molecule has 1 aromatic heterocycles. The first kappa shape index (κ1) is 22.6. The van der Waals surface area contributed by atoms with Gasteiger partial charge in [0.15, 0.2) is 23.4 Å². The summed E-state index contributed by atoms with van der Waals surface area (Å²) in [5, 5.41) is 11.8. The van der Waals surface area contributed by atoms with Crippen molar-refractivity contribution >= 4 is 29.1 Å². The van der Waals surface area contributed by atoms with Gasteiger partial charge in [-0.15, -0.1) is 16.8 Å². The number of carbonyl (C=O) groups excluding carboxylic acids is 2. The van der Waals surface area contributed by atoms with Crippen molar-refractivity contribution in [2.75, 3.05) is 17.7 Å². The van der Waals surface area contributed by atoms with E-state index in [1.165, 1.54) is 17.3 Å². The lowest BCUT2D eigenvalue weighted by Crippen LogP contribution is -2.25. The SMILES string of the molecule is C=CCn1c(COc2ccc(CC)cc2)nnc1SCC(=O)c1ccc2c(c1)NC(=O)CO2. The Kier molecular flexibility index (Phi) is 7.09. The molecule has 1 amide bonds. The number of ether oxygens (including phenoxy) is 2. The molecule has 9 heteroatoms. The number of hydrogen-bond donors (Lipinski definition) is 1. The molecule has 0 aliphatic carbocycles. The summed E-state index contributed by atoms with van der Waals surface area (Å²) in [5.41, 5.74) is 2.23. The van der Waals surface area contributed by atoms with Gasteiger partial charge in [0, 0.05) is 12.1 Å². The molecule has 3 aromatic rings. The summed E-state index contributed by atoms with van der Waals surface area (Å²) in [6.07, 6.45) is 2.72. The number of anilines is 1. The smallest absolute Gasteiger partial charge is 0.262 e. The van der Waals surface area contributed by atoms with Crippen molar-refractivity contribution in [3.8, 4) is 11.5 Å². The molecule has 0 spiro atoms. The highest BCUT2D eigenvalue weighted by Crippen LogP contribution is 2.29. The first-order valence-electron chi connectivity index (χ1n) is 10.5. The number of benzene rings is 2. The fraction of sp³-hybridized carbons (Fsp3) is 0.250. The van der Waals surface area contributed by atoms with Crippen LogP contribution in [0.25, 0.3) is 0 Å². The van der Waals surface area contributed by atoms with E-state index in [0.29, 0.717) is 34.5 Å². The molecule has 0 radical (unpaired) electrons. The zero-order valence-corrected chi connectivity index (χ0v) is 19.1. The topological polar surface area (TPSA) is 95.3 Å². The monoisotopic (exact) mass is 464 g/mol. The quantitative estimate of drug-likeness (QED) is 0.276. The number of Topliss-reactive ketones (excluding diaryl/α,β-unsaturated/α-hetero) is 1. The van der Waals surface area contributed by atoms with Gasteiger partial charge in [0.2, 0.25) is 0 Å². The van der Waals surface area contributed by atoms with Crippen LogP contribution in [0.2, 0.25) is 0 Å². The van der Waals surface area contributed by atoms with E-state index in [1.54, 1.807) is 24.3 Å². The van der Waals surface area contributed by atoms with Crippen molar-refractivity contribution in [2.45, 2.75) is 31.7 Å². The maximum atomic E-state index is 12.7. The summed E-state index contributed by atoms with van der Waals surface area (Å²) in [6.45, 7) is 6.64. The first-order valence-corrected chi connectivity index (χ1v) is 11.5. The van der Waals surface area contributed by atoms with Crippen molar-refractivity contribution in [1.29, 1.82) is 0 Å². The summed E-state index contributed by atoms with van der Waals surface area (Å²) in [5.74, 6) is 1.80. The van der Waals surface area contributed by atoms with Gasteiger partial charge in [-0.1, -0.05) is 36.9 Å². The molecule has 0 atom stereocenters. The van der Waals surface area contributed by atoms with Crippen LogP contribution in [0.15, 0.2) is 60.3 Å². The predicted molar refractivity (Wildman–Crippen MR) is 126 cm³/mol. The molecule has 33 heavy (non-hydrogen) atoms. The van der Waals surface area contributed by atoms with Gasteiger partial charge in [-0.05, 0) is 42.3 Å². The Morgan fingerprint density at radius 2 is 2.09 bits per heavy atom. The normalized spacial score (nSPS) is 12.5. The van der Waals surface area contributed by atoms with Crippen molar-refractivity contribution in [2.24, 2.45) is 0 Å². The van der Waals surface area contributed by atoms with Crippen molar-refractivity contribution < 1.29 is 19.1 Å². The third-order valence-corrected chi connectivity index (χ3v) is 6.04. The molecule has 0 bridgehead atoms. The molecule has 1 aliphatic rings. The Hall–Kier alpha value is -3.59. The number of thioether (sulfide) groups is 1. The van der Waals surface area contributed by atoms with Crippen LogP contribution in [0.5, 0.6) is 11.5 Å². The molecule has 0 unspecified atom stereocenters. The van der Waals surface area contributed by atoms with Crippen molar-refractivity contribution in [3.05, 3.63) is 72.1 Å². The Morgan fingerprint density at radius 3 is 2.85 bits per heavy atom. The van der Waals surface area contributed by atoms with Crippen LogP contribution < -0.4 is 14.8 Å². The molecule has 0 fully saturated rings. The molecular weight excluding hydrogens is 440 g/mol. The van der Waals surface area contributed by atoms with Gasteiger partial charge in [0.25, 0.3) is 5.91 Å². The van der Waals surface area contributed by atoms with Crippen LogP contribution in [-0.2, 0) is 24.4 Å². The highest BCUT2D eigenvalue weighted by Gasteiger charge is 2.19. The maximum absolute atomic E-state index is 12.7. The minimum atomic E-state index is -0.241. The van der Waals surface area contributed by atoms with Gasteiger partial charge in [-0.2, -0.15) is 0 Å². The Bertz CT molecular complexity index is 1170. The molecule has 2 aromatic carbocycles. The van der Waals surface area contributed by atoms with Crippen LogP contribution in [0.3, 0.4) is 0 Å². The van der Waals surface area contributed by atoms with Crippen molar-refractivity contribution in [3.63, 3.8) is 0 Å². The van der Waals surface area contributed by atoms with Crippen LogP contribution in [0.4, 0.5) is 5.69 Å². The third-order valence-electron chi connectivity index (χ3n) is 5.07. The van der Waals surface area contributed by atoms with E-state index in [-0.39, 0.29) is 30.7 Å². The molecule has 2 heterocycles. The molecule has 1 N–H and O–H groups in total. The Balaban J connectivity index is 1.41. The van der Waals surface area contributed by atoms with Crippen LogP contribution in [-0.4, -0.2) is 38.8 Å². The number of allylic oxidation sites excluding steroid dienone is 1. The number of nitrogens with zero attached hydrogens (tertiary/aromatic N) is 3. The lowest BCUT2D eigenvalue weighted by Gasteiger charge is -2.18. The van der Waals surface area contributed by atoms with Gasteiger partial charge in [0.1, 0.15) is 18.1 Å². The molecule has 0 saturated heterocycles. The van der Waals surface area contributed by atoms with E-state index in [0.717, 1.165) is 12.2 Å². The second kappa shape index (κ2) is 10.4. The van der Waals surface area contributed by atoms with E-state index in [9.17, 15) is 9.59 Å².